The molecule has 0 fully saturated rings. The molecular weight excluding hydrogens is 310 g/mol. The van der Waals surface area contributed by atoms with E-state index in [4.69, 9.17) is 4.74 Å². The van der Waals surface area contributed by atoms with Crippen molar-refractivity contribution in [2.24, 2.45) is 0 Å². The van der Waals surface area contributed by atoms with E-state index >= 15 is 0 Å². The lowest BCUT2D eigenvalue weighted by Gasteiger charge is -2.05. The van der Waals surface area contributed by atoms with E-state index in [0.29, 0.717) is 17.9 Å². The fourth-order valence-electron chi connectivity index (χ4n) is 1.93. The van der Waals surface area contributed by atoms with Gasteiger partial charge >= 0.3 is 0 Å². The topological polar surface area (TPSA) is 67.2 Å². The SMILES string of the molecule is CCCOc1ccc(/C=C(/C#N)S(=O)(=O)c2ccccc2)cc1. The van der Waals surface area contributed by atoms with Gasteiger partial charge < -0.3 is 4.74 Å². The number of ether oxygens (including phenoxy) is 1. The molecule has 23 heavy (non-hydrogen) atoms. The Morgan fingerprint density at radius 1 is 1.13 bits per heavy atom. The number of allylic oxidation sites excluding steroid dienone is 1. The van der Waals surface area contributed by atoms with Crippen LogP contribution in [0.5, 0.6) is 5.75 Å². The average Bonchev–Trinajstić information content (AvgIpc) is 2.59. The van der Waals surface area contributed by atoms with Crippen molar-refractivity contribution in [3.8, 4) is 11.8 Å². The summed E-state index contributed by atoms with van der Waals surface area (Å²) in [7, 11) is -3.80. The zero-order chi connectivity index (χ0) is 16.7. The van der Waals surface area contributed by atoms with Gasteiger partial charge in [0.25, 0.3) is 0 Å². The molecule has 0 spiro atoms. The molecule has 0 aliphatic heterocycles. The van der Waals surface area contributed by atoms with Crippen LogP contribution in [0.1, 0.15) is 18.9 Å². The summed E-state index contributed by atoms with van der Waals surface area (Å²) in [6.45, 7) is 2.64. The number of benzene rings is 2. The molecule has 0 atom stereocenters. The Labute approximate surface area is 136 Å². The van der Waals surface area contributed by atoms with Gasteiger partial charge in [-0.05, 0) is 42.3 Å². The maximum Gasteiger partial charge on any atom is 0.216 e. The van der Waals surface area contributed by atoms with Crippen LogP contribution in [0.4, 0.5) is 0 Å². The second-order valence-electron chi connectivity index (χ2n) is 4.85. The molecule has 0 saturated heterocycles. The Morgan fingerprint density at radius 2 is 1.78 bits per heavy atom. The van der Waals surface area contributed by atoms with Crippen LogP contribution in [0.3, 0.4) is 0 Å². The van der Waals surface area contributed by atoms with Crippen molar-refractivity contribution in [3.63, 3.8) is 0 Å². The Kier molecular flexibility index (Phi) is 5.56. The molecule has 2 aromatic rings. The highest BCUT2D eigenvalue weighted by Crippen LogP contribution is 2.22. The Balaban J connectivity index is 2.31. The summed E-state index contributed by atoms with van der Waals surface area (Å²) in [6.07, 6.45) is 2.28. The lowest BCUT2D eigenvalue weighted by Crippen LogP contribution is -2.03. The van der Waals surface area contributed by atoms with E-state index in [1.165, 1.54) is 18.2 Å². The third-order valence-corrected chi connectivity index (χ3v) is 4.78. The predicted molar refractivity (Wildman–Crippen MR) is 89.4 cm³/mol. The van der Waals surface area contributed by atoms with Crippen LogP contribution >= 0.6 is 0 Å². The van der Waals surface area contributed by atoms with Crippen LogP contribution in [0.2, 0.25) is 0 Å². The number of sulfone groups is 1. The monoisotopic (exact) mass is 327 g/mol. The van der Waals surface area contributed by atoms with Gasteiger partial charge in [-0.3, -0.25) is 0 Å². The lowest BCUT2D eigenvalue weighted by molar-refractivity contribution is 0.317. The summed E-state index contributed by atoms with van der Waals surface area (Å²) in [5, 5.41) is 9.23. The zero-order valence-electron chi connectivity index (χ0n) is 12.8. The molecule has 0 aromatic heterocycles. The molecule has 118 valence electrons. The molecule has 2 aromatic carbocycles. The second-order valence-corrected chi connectivity index (χ2v) is 6.77. The van der Waals surface area contributed by atoms with E-state index in [2.05, 4.69) is 0 Å². The van der Waals surface area contributed by atoms with Crippen molar-refractivity contribution < 1.29 is 13.2 Å². The molecule has 0 saturated carbocycles. The Bertz CT molecular complexity index is 817. The van der Waals surface area contributed by atoms with Crippen molar-refractivity contribution >= 4 is 15.9 Å². The maximum absolute atomic E-state index is 12.5. The smallest absolute Gasteiger partial charge is 0.216 e. The standard InChI is InChI=1S/C18H17NO3S/c1-2-12-22-16-10-8-15(9-11-16)13-18(14-19)23(20,21)17-6-4-3-5-7-17/h3-11,13H,2,12H2,1H3/b18-13-. The van der Waals surface area contributed by atoms with Crippen molar-refractivity contribution in [1.29, 1.82) is 5.26 Å². The summed E-state index contributed by atoms with van der Waals surface area (Å²) >= 11 is 0. The van der Waals surface area contributed by atoms with Crippen LogP contribution < -0.4 is 4.74 Å². The number of rotatable bonds is 6. The minimum atomic E-state index is -3.80. The van der Waals surface area contributed by atoms with E-state index < -0.39 is 9.84 Å². The first-order valence-corrected chi connectivity index (χ1v) is 8.71. The van der Waals surface area contributed by atoms with Crippen LogP contribution in [0.25, 0.3) is 6.08 Å². The maximum atomic E-state index is 12.5. The van der Waals surface area contributed by atoms with Gasteiger partial charge in [0.1, 0.15) is 16.7 Å². The first-order valence-electron chi connectivity index (χ1n) is 7.22. The fourth-order valence-corrected chi connectivity index (χ4v) is 3.11. The van der Waals surface area contributed by atoms with Crippen LogP contribution in [-0.2, 0) is 9.84 Å². The Morgan fingerprint density at radius 3 is 2.35 bits per heavy atom. The van der Waals surface area contributed by atoms with Crippen molar-refractivity contribution in [1.82, 2.24) is 0 Å². The molecule has 0 aliphatic carbocycles. The fraction of sp³-hybridized carbons (Fsp3) is 0.167. The van der Waals surface area contributed by atoms with Crippen LogP contribution in [0, 0.1) is 11.3 Å². The normalized spacial score (nSPS) is 11.7. The largest absolute Gasteiger partial charge is 0.494 e. The van der Waals surface area contributed by atoms with Crippen molar-refractivity contribution in [2.75, 3.05) is 6.61 Å². The molecule has 4 nitrogen and oxygen atoms in total. The summed E-state index contributed by atoms with van der Waals surface area (Å²) in [5.74, 6) is 0.716. The van der Waals surface area contributed by atoms with Crippen LogP contribution in [0.15, 0.2) is 64.4 Å². The first kappa shape index (κ1) is 16.8. The summed E-state index contributed by atoms with van der Waals surface area (Å²) < 4.78 is 30.4. The highest BCUT2D eigenvalue weighted by Gasteiger charge is 2.20. The first-order chi connectivity index (χ1) is 11.1. The number of hydrogen-bond acceptors (Lipinski definition) is 4. The average molecular weight is 327 g/mol. The predicted octanol–water partition coefficient (Wildman–Crippen LogP) is 3.81. The molecule has 5 heteroatoms. The number of nitrogens with zero attached hydrogens (tertiary/aromatic N) is 1. The highest BCUT2D eigenvalue weighted by molar-refractivity contribution is 7.95. The Hall–Kier alpha value is -2.58. The van der Waals surface area contributed by atoms with Gasteiger partial charge in [0.15, 0.2) is 0 Å². The van der Waals surface area contributed by atoms with Gasteiger partial charge in [0.05, 0.1) is 11.5 Å². The van der Waals surface area contributed by atoms with Crippen molar-refractivity contribution in [3.05, 3.63) is 65.1 Å². The van der Waals surface area contributed by atoms with E-state index in [0.717, 1.165) is 6.42 Å². The second kappa shape index (κ2) is 7.61. The summed E-state index contributed by atoms with van der Waals surface area (Å²) in [6, 6.07) is 16.7. The third-order valence-electron chi connectivity index (χ3n) is 3.10. The molecule has 0 heterocycles. The molecule has 2 rings (SSSR count). The van der Waals surface area contributed by atoms with E-state index in [1.807, 2.05) is 6.92 Å². The van der Waals surface area contributed by atoms with Crippen molar-refractivity contribution in [2.45, 2.75) is 18.2 Å². The number of hydrogen-bond donors (Lipinski definition) is 0. The molecule has 0 amide bonds. The molecule has 0 unspecified atom stereocenters. The quantitative estimate of drug-likeness (QED) is 0.757. The van der Waals surface area contributed by atoms with Crippen LogP contribution in [-0.4, -0.2) is 15.0 Å². The van der Waals surface area contributed by atoms with Gasteiger partial charge in [0.2, 0.25) is 9.84 Å². The molecule has 0 bridgehead atoms. The molecule has 0 radical (unpaired) electrons. The molecule has 0 N–H and O–H groups in total. The minimum absolute atomic E-state index is 0.107. The van der Waals surface area contributed by atoms with Gasteiger partial charge in [-0.15, -0.1) is 0 Å². The van der Waals surface area contributed by atoms with Gasteiger partial charge in [-0.1, -0.05) is 37.3 Å². The van der Waals surface area contributed by atoms with E-state index in [9.17, 15) is 13.7 Å². The van der Waals surface area contributed by atoms with E-state index in [-0.39, 0.29) is 9.80 Å². The summed E-state index contributed by atoms with van der Waals surface area (Å²) in [4.78, 5) is -0.179. The van der Waals surface area contributed by atoms with Gasteiger partial charge in [-0.25, -0.2) is 8.42 Å². The highest BCUT2D eigenvalue weighted by atomic mass is 32.2. The minimum Gasteiger partial charge on any atom is -0.494 e. The van der Waals surface area contributed by atoms with Gasteiger partial charge in [0, 0.05) is 0 Å². The summed E-state index contributed by atoms with van der Waals surface area (Å²) in [5.41, 5.74) is 0.630. The van der Waals surface area contributed by atoms with E-state index in [1.54, 1.807) is 48.5 Å². The zero-order valence-corrected chi connectivity index (χ0v) is 13.6. The lowest BCUT2D eigenvalue weighted by atomic mass is 10.2. The molecule has 0 aliphatic rings. The van der Waals surface area contributed by atoms with Gasteiger partial charge in [-0.2, -0.15) is 5.26 Å². The number of nitriles is 1. The molecular formula is C18H17NO3S. The third kappa shape index (κ3) is 4.21.